The highest BCUT2D eigenvalue weighted by Gasteiger charge is 2.49. The highest BCUT2D eigenvalue weighted by Crippen LogP contribution is 2.33. The molecule has 1 aromatic heterocycles. The summed E-state index contributed by atoms with van der Waals surface area (Å²) < 4.78 is 29.1. The van der Waals surface area contributed by atoms with Gasteiger partial charge in [-0.25, -0.2) is 9.37 Å². The van der Waals surface area contributed by atoms with Crippen LogP contribution in [0.3, 0.4) is 0 Å². The fourth-order valence-electron chi connectivity index (χ4n) is 3.92. The van der Waals surface area contributed by atoms with Crippen LogP contribution in [-0.2, 0) is 0 Å². The van der Waals surface area contributed by atoms with Crippen LogP contribution in [0.2, 0.25) is 0 Å². The van der Waals surface area contributed by atoms with E-state index in [1.807, 2.05) is 0 Å². The van der Waals surface area contributed by atoms with Gasteiger partial charge in [0, 0.05) is 16.7 Å². The van der Waals surface area contributed by atoms with Crippen molar-refractivity contribution in [1.82, 2.24) is 15.2 Å². The third kappa shape index (κ3) is 3.99. The molecule has 0 spiro atoms. The molecular formula is C20H21BrF2N4O2. The average Bonchev–Trinajstić information content (AvgIpc) is 2.69. The molecule has 4 rings (SSSR count). The monoisotopic (exact) mass is 466 g/mol. The summed E-state index contributed by atoms with van der Waals surface area (Å²) >= 11 is 3.17. The molecule has 1 amide bonds. The first-order chi connectivity index (χ1) is 13.9. The third-order valence-electron chi connectivity index (χ3n) is 5.50. The molecule has 154 valence electrons. The van der Waals surface area contributed by atoms with Gasteiger partial charge in [-0.3, -0.25) is 4.79 Å². The lowest BCUT2D eigenvalue weighted by Crippen LogP contribution is -2.72. The molecule has 29 heavy (non-hydrogen) atoms. The Morgan fingerprint density at radius 1 is 1.31 bits per heavy atom. The Bertz CT molecular complexity index is 931. The predicted molar refractivity (Wildman–Crippen MR) is 108 cm³/mol. The number of benzene rings is 1. The van der Waals surface area contributed by atoms with Crippen molar-refractivity contribution in [2.45, 2.75) is 30.9 Å². The van der Waals surface area contributed by atoms with Crippen molar-refractivity contribution in [2.24, 2.45) is 0 Å². The number of aromatic nitrogens is 1. The molecular weight excluding hydrogens is 446 g/mol. The summed E-state index contributed by atoms with van der Waals surface area (Å²) in [5.74, 6) is -1.93. The Morgan fingerprint density at radius 3 is 2.79 bits per heavy atom. The van der Waals surface area contributed by atoms with E-state index in [-0.39, 0.29) is 36.1 Å². The number of anilines is 2. The maximum absolute atomic E-state index is 14.4. The van der Waals surface area contributed by atoms with Gasteiger partial charge < -0.3 is 20.6 Å². The van der Waals surface area contributed by atoms with Crippen molar-refractivity contribution in [2.75, 3.05) is 25.0 Å². The number of likely N-dealkylation sites (tertiary alicyclic amines) is 1. The Labute approximate surface area is 175 Å². The molecule has 2 aromatic rings. The third-order valence-corrected chi connectivity index (χ3v) is 5.99. The van der Waals surface area contributed by atoms with E-state index >= 15 is 0 Å². The number of aliphatic hydroxyl groups is 1. The van der Waals surface area contributed by atoms with Crippen molar-refractivity contribution in [1.29, 1.82) is 0 Å². The number of hydrogen-bond acceptors (Lipinski definition) is 5. The molecule has 0 bridgehead atoms. The summed E-state index contributed by atoms with van der Waals surface area (Å²) in [6.07, 6.45) is 4.17. The summed E-state index contributed by atoms with van der Waals surface area (Å²) in [5, 5.41) is 16.8. The fourth-order valence-corrected chi connectivity index (χ4v) is 4.25. The summed E-state index contributed by atoms with van der Waals surface area (Å²) in [6, 6.07) is 5.63. The number of rotatable bonds is 4. The first kappa shape index (κ1) is 20.2. The fraction of sp³-hybridized carbons (Fsp3) is 0.400. The van der Waals surface area contributed by atoms with E-state index in [9.17, 15) is 18.7 Å². The number of piperidine rings is 1. The minimum Gasteiger partial charge on any atom is -0.385 e. The molecule has 6 nitrogen and oxygen atoms in total. The number of nitrogens with zero attached hydrogens (tertiary/aromatic N) is 2. The summed E-state index contributed by atoms with van der Waals surface area (Å²) in [7, 11) is 0. The summed E-state index contributed by atoms with van der Waals surface area (Å²) in [5.41, 5.74) is -1.10. The van der Waals surface area contributed by atoms with Gasteiger partial charge >= 0.3 is 0 Å². The highest BCUT2D eigenvalue weighted by molar-refractivity contribution is 9.10. The molecule has 0 radical (unpaired) electrons. The Hall–Kier alpha value is -2.10. The minimum atomic E-state index is -0.979. The number of nitrogens with one attached hydrogen (secondary N) is 2. The Kier molecular flexibility index (Phi) is 5.54. The Morgan fingerprint density at radius 2 is 2.10 bits per heavy atom. The van der Waals surface area contributed by atoms with Gasteiger partial charge in [-0.15, -0.1) is 0 Å². The molecule has 1 unspecified atom stereocenters. The molecule has 9 heteroatoms. The molecule has 0 aliphatic carbocycles. The van der Waals surface area contributed by atoms with Crippen molar-refractivity contribution in [3.63, 3.8) is 0 Å². The minimum absolute atomic E-state index is 0.0284. The molecule has 3 N–H and O–H groups in total. The Balaban J connectivity index is 1.53. The quantitative estimate of drug-likeness (QED) is 0.603. The average molecular weight is 467 g/mol. The second kappa shape index (κ2) is 7.97. The zero-order chi connectivity index (χ0) is 20.6. The normalized spacial score (nSPS) is 20.8. The van der Waals surface area contributed by atoms with Crippen LogP contribution < -0.4 is 10.6 Å². The van der Waals surface area contributed by atoms with Gasteiger partial charge in [0.1, 0.15) is 17.1 Å². The van der Waals surface area contributed by atoms with E-state index in [0.717, 1.165) is 25.8 Å². The lowest BCUT2D eigenvalue weighted by molar-refractivity contribution is -0.108. The number of amides is 1. The van der Waals surface area contributed by atoms with Gasteiger partial charge in [0.15, 0.2) is 0 Å². The molecule has 2 aliphatic heterocycles. The molecule has 2 fully saturated rings. The van der Waals surface area contributed by atoms with Crippen molar-refractivity contribution in [3.8, 4) is 0 Å². The van der Waals surface area contributed by atoms with Gasteiger partial charge in [0.2, 0.25) is 5.95 Å². The second-order valence-electron chi connectivity index (χ2n) is 7.54. The van der Waals surface area contributed by atoms with Gasteiger partial charge in [-0.1, -0.05) is 22.4 Å². The molecule has 1 atom stereocenters. The van der Waals surface area contributed by atoms with E-state index in [2.05, 4.69) is 31.5 Å². The molecule has 2 aliphatic rings. The second-order valence-corrected chi connectivity index (χ2v) is 8.46. The largest absolute Gasteiger partial charge is 0.385 e. The smallest absolute Gasteiger partial charge is 0.256 e. The lowest BCUT2D eigenvalue weighted by atomic mass is 9.81. The van der Waals surface area contributed by atoms with Gasteiger partial charge in [-0.2, -0.15) is 4.39 Å². The molecule has 2 saturated heterocycles. The van der Waals surface area contributed by atoms with Crippen LogP contribution in [-0.4, -0.2) is 52.2 Å². The zero-order valence-corrected chi connectivity index (χ0v) is 17.2. The summed E-state index contributed by atoms with van der Waals surface area (Å²) in [6.45, 7) is 1.18. The van der Waals surface area contributed by atoms with Gasteiger partial charge in [0.05, 0.1) is 24.3 Å². The number of pyridine rings is 1. The predicted octanol–water partition coefficient (Wildman–Crippen LogP) is 3.19. The topological polar surface area (TPSA) is 77.5 Å². The zero-order valence-electron chi connectivity index (χ0n) is 15.6. The molecule has 0 saturated carbocycles. The molecule has 1 aromatic carbocycles. The standard InChI is InChI=1S/C20H21BrF2N4O2/c21-12-4-5-15(14(22)9-12)26-17-13(6-8-25-18(17)23)19(28)27-10-20(29,11-27)16-3-1-2-7-24-16/h4-6,8-9,16,24,26,29H,1-3,7,10-11H2. The van der Waals surface area contributed by atoms with Crippen LogP contribution in [0.25, 0.3) is 0 Å². The number of β-amino-alcohol motifs (C(OH)–C–C–N with tert-alkyl or cyclic N) is 1. The van der Waals surface area contributed by atoms with E-state index in [0.29, 0.717) is 4.47 Å². The van der Waals surface area contributed by atoms with Crippen LogP contribution in [0.15, 0.2) is 34.9 Å². The van der Waals surface area contributed by atoms with Crippen LogP contribution >= 0.6 is 15.9 Å². The number of hydrogen-bond donors (Lipinski definition) is 3. The van der Waals surface area contributed by atoms with E-state index in [1.54, 1.807) is 6.07 Å². The van der Waals surface area contributed by atoms with E-state index < -0.39 is 23.3 Å². The maximum Gasteiger partial charge on any atom is 0.256 e. The van der Waals surface area contributed by atoms with Crippen LogP contribution in [0.4, 0.5) is 20.2 Å². The maximum atomic E-state index is 14.4. The van der Waals surface area contributed by atoms with E-state index in [4.69, 9.17) is 0 Å². The summed E-state index contributed by atoms with van der Waals surface area (Å²) in [4.78, 5) is 18.0. The highest BCUT2D eigenvalue weighted by atomic mass is 79.9. The number of carbonyl (C=O) groups is 1. The first-order valence-corrected chi connectivity index (χ1v) is 10.3. The van der Waals surface area contributed by atoms with Crippen LogP contribution in [0.1, 0.15) is 29.6 Å². The van der Waals surface area contributed by atoms with Crippen molar-refractivity contribution in [3.05, 3.63) is 52.3 Å². The lowest BCUT2D eigenvalue weighted by Gasteiger charge is -2.51. The van der Waals surface area contributed by atoms with Crippen molar-refractivity contribution >= 4 is 33.2 Å². The van der Waals surface area contributed by atoms with Crippen molar-refractivity contribution < 1.29 is 18.7 Å². The first-order valence-electron chi connectivity index (χ1n) is 9.49. The van der Waals surface area contributed by atoms with Gasteiger partial charge in [0.25, 0.3) is 5.91 Å². The van der Waals surface area contributed by atoms with Gasteiger partial charge in [-0.05, 0) is 43.7 Å². The van der Waals surface area contributed by atoms with Crippen LogP contribution in [0.5, 0.6) is 0 Å². The number of halogens is 3. The number of carbonyl (C=O) groups excluding carboxylic acids is 1. The van der Waals surface area contributed by atoms with E-state index in [1.165, 1.54) is 29.3 Å². The molecule has 3 heterocycles. The van der Waals surface area contributed by atoms with Crippen LogP contribution in [0, 0.1) is 11.8 Å². The SMILES string of the molecule is O=C(c1ccnc(F)c1Nc1ccc(Br)cc1F)N1CC(O)(C2CCCCN2)C1.